The van der Waals surface area contributed by atoms with E-state index >= 15 is 0 Å². The third-order valence-electron chi connectivity index (χ3n) is 2.35. The van der Waals surface area contributed by atoms with Crippen LogP contribution in [0, 0.1) is 6.92 Å². The first-order chi connectivity index (χ1) is 6.74. The quantitative estimate of drug-likeness (QED) is 0.555. The summed E-state index contributed by atoms with van der Waals surface area (Å²) in [5.74, 6) is 0. The molecule has 0 spiro atoms. The van der Waals surface area contributed by atoms with Crippen LogP contribution in [0.2, 0.25) is 0 Å². The monoisotopic (exact) mass is 192 g/mol. The summed E-state index contributed by atoms with van der Waals surface area (Å²) in [4.78, 5) is 0. The van der Waals surface area contributed by atoms with Crippen LogP contribution in [0.3, 0.4) is 0 Å². The molecule has 0 radical (unpaired) electrons. The molecule has 3 N–H and O–H groups in total. The average Bonchev–Trinajstić information content (AvgIpc) is 2.15. The second-order valence-corrected chi connectivity index (χ2v) is 3.71. The van der Waals surface area contributed by atoms with Gasteiger partial charge < -0.3 is 11.1 Å². The normalized spacial score (nSPS) is 10.1. The number of nitrogens with one attached hydrogen (secondary N) is 1. The van der Waals surface area contributed by atoms with Crippen molar-refractivity contribution in [1.29, 1.82) is 0 Å². The summed E-state index contributed by atoms with van der Waals surface area (Å²) in [5, 5.41) is 3.42. The van der Waals surface area contributed by atoms with Crippen LogP contribution in [-0.2, 0) is 0 Å². The molecular formula is C12H20N2. The Bertz CT molecular complexity index is 282. The van der Waals surface area contributed by atoms with E-state index in [1.165, 1.54) is 30.5 Å². The van der Waals surface area contributed by atoms with Crippen molar-refractivity contribution in [2.75, 3.05) is 17.6 Å². The van der Waals surface area contributed by atoms with Crippen LogP contribution in [0.4, 0.5) is 11.4 Å². The van der Waals surface area contributed by atoms with E-state index in [0.717, 1.165) is 12.2 Å². The summed E-state index contributed by atoms with van der Waals surface area (Å²) in [6, 6.07) is 5.99. The van der Waals surface area contributed by atoms with E-state index in [9.17, 15) is 0 Å². The second kappa shape index (κ2) is 5.53. The minimum Gasteiger partial charge on any atom is -0.399 e. The summed E-state index contributed by atoms with van der Waals surface area (Å²) in [6.07, 6.45) is 3.80. The zero-order valence-corrected chi connectivity index (χ0v) is 9.14. The Morgan fingerprint density at radius 1 is 1.29 bits per heavy atom. The molecule has 0 amide bonds. The number of anilines is 2. The number of unbranched alkanes of at least 4 members (excludes halogenated alkanes) is 2. The predicted molar refractivity (Wildman–Crippen MR) is 63.6 cm³/mol. The standard InChI is InChI=1S/C12H20N2/c1-3-4-5-8-14-12-7-6-11(13)9-10(12)2/h6-7,9,14H,3-5,8,13H2,1-2H3. The number of aryl methyl sites for hydroxylation is 1. The smallest absolute Gasteiger partial charge is 0.0371 e. The van der Waals surface area contributed by atoms with Crippen molar-refractivity contribution in [3.05, 3.63) is 23.8 Å². The highest BCUT2D eigenvalue weighted by Gasteiger charge is 1.96. The van der Waals surface area contributed by atoms with E-state index in [-0.39, 0.29) is 0 Å². The molecule has 0 heterocycles. The van der Waals surface area contributed by atoms with Gasteiger partial charge in [0.25, 0.3) is 0 Å². The summed E-state index contributed by atoms with van der Waals surface area (Å²) in [6.45, 7) is 5.35. The van der Waals surface area contributed by atoms with Gasteiger partial charge in [0.2, 0.25) is 0 Å². The molecule has 1 aromatic rings. The van der Waals surface area contributed by atoms with E-state index < -0.39 is 0 Å². The minimum atomic E-state index is 0.835. The molecule has 0 saturated carbocycles. The fourth-order valence-corrected chi connectivity index (χ4v) is 1.48. The molecule has 2 nitrogen and oxygen atoms in total. The maximum absolute atomic E-state index is 5.68. The maximum atomic E-state index is 5.68. The molecule has 0 aliphatic rings. The highest BCUT2D eigenvalue weighted by Crippen LogP contribution is 2.17. The molecule has 1 aromatic carbocycles. The average molecular weight is 192 g/mol. The van der Waals surface area contributed by atoms with Gasteiger partial charge in [-0.05, 0) is 37.1 Å². The molecule has 0 bridgehead atoms. The van der Waals surface area contributed by atoms with Crippen LogP contribution < -0.4 is 11.1 Å². The number of hydrogen-bond acceptors (Lipinski definition) is 2. The van der Waals surface area contributed by atoms with Gasteiger partial charge in [0.05, 0.1) is 0 Å². The molecule has 0 atom stereocenters. The zero-order chi connectivity index (χ0) is 10.4. The number of nitrogens with two attached hydrogens (primary N) is 1. The molecule has 0 fully saturated rings. The van der Waals surface area contributed by atoms with Gasteiger partial charge in [0.15, 0.2) is 0 Å². The van der Waals surface area contributed by atoms with Gasteiger partial charge in [-0.1, -0.05) is 19.8 Å². The van der Waals surface area contributed by atoms with Gasteiger partial charge in [-0.25, -0.2) is 0 Å². The van der Waals surface area contributed by atoms with Crippen molar-refractivity contribution in [2.24, 2.45) is 0 Å². The lowest BCUT2D eigenvalue weighted by molar-refractivity contribution is 0.743. The minimum absolute atomic E-state index is 0.835. The fraction of sp³-hybridized carbons (Fsp3) is 0.500. The Morgan fingerprint density at radius 2 is 2.07 bits per heavy atom. The van der Waals surface area contributed by atoms with E-state index in [4.69, 9.17) is 5.73 Å². The Hall–Kier alpha value is -1.18. The lowest BCUT2D eigenvalue weighted by Gasteiger charge is -2.09. The zero-order valence-electron chi connectivity index (χ0n) is 9.14. The third kappa shape index (κ3) is 3.29. The highest BCUT2D eigenvalue weighted by molar-refractivity contribution is 5.57. The van der Waals surface area contributed by atoms with Gasteiger partial charge in [-0.3, -0.25) is 0 Å². The second-order valence-electron chi connectivity index (χ2n) is 3.71. The van der Waals surface area contributed by atoms with E-state index in [2.05, 4.69) is 25.2 Å². The predicted octanol–water partition coefficient (Wildman–Crippen LogP) is 3.18. The first kappa shape index (κ1) is 10.9. The van der Waals surface area contributed by atoms with Gasteiger partial charge in [-0.2, -0.15) is 0 Å². The molecule has 0 aliphatic carbocycles. The summed E-state index contributed by atoms with van der Waals surface area (Å²) >= 11 is 0. The van der Waals surface area contributed by atoms with Crippen LogP contribution in [0.15, 0.2) is 18.2 Å². The number of benzene rings is 1. The van der Waals surface area contributed by atoms with Crippen molar-refractivity contribution in [3.63, 3.8) is 0 Å². The number of nitrogen functional groups attached to an aromatic ring is 1. The van der Waals surface area contributed by atoms with Gasteiger partial charge >= 0.3 is 0 Å². The molecule has 78 valence electrons. The van der Waals surface area contributed by atoms with Crippen LogP contribution in [0.25, 0.3) is 0 Å². The van der Waals surface area contributed by atoms with Crippen molar-refractivity contribution in [2.45, 2.75) is 33.1 Å². The van der Waals surface area contributed by atoms with Crippen molar-refractivity contribution < 1.29 is 0 Å². The van der Waals surface area contributed by atoms with Crippen molar-refractivity contribution in [3.8, 4) is 0 Å². The molecule has 14 heavy (non-hydrogen) atoms. The fourth-order valence-electron chi connectivity index (χ4n) is 1.48. The maximum Gasteiger partial charge on any atom is 0.0371 e. The largest absolute Gasteiger partial charge is 0.399 e. The Morgan fingerprint density at radius 3 is 2.71 bits per heavy atom. The lowest BCUT2D eigenvalue weighted by atomic mass is 10.1. The van der Waals surface area contributed by atoms with Gasteiger partial charge in [0.1, 0.15) is 0 Å². The van der Waals surface area contributed by atoms with Crippen LogP contribution in [0.1, 0.15) is 31.7 Å². The molecular weight excluding hydrogens is 172 g/mol. The third-order valence-corrected chi connectivity index (χ3v) is 2.35. The molecule has 1 rings (SSSR count). The Kier molecular flexibility index (Phi) is 4.30. The molecule has 0 saturated heterocycles. The SMILES string of the molecule is CCCCCNc1ccc(N)cc1C. The van der Waals surface area contributed by atoms with Crippen molar-refractivity contribution >= 4 is 11.4 Å². The van der Waals surface area contributed by atoms with Crippen LogP contribution in [0.5, 0.6) is 0 Å². The number of rotatable bonds is 5. The highest BCUT2D eigenvalue weighted by atomic mass is 14.9. The van der Waals surface area contributed by atoms with E-state index in [0.29, 0.717) is 0 Å². The molecule has 0 aliphatic heterocycles. The van der Waals surface area contributed by atoms with Crippen LogP contribution >= 0.6 is 0 Å². The number of hydrogen-bond donors (Lipinski definition) is 2. The van der Waals surface area contributed by atoms with E-state index in [1.54, 1.807) is 0 Å². The first-order valence-corrected chi connectivity index (χ1v) is 5.34. The van der Waals surface area contributed by atoms with Gasteiger partial charge in [-0.15, -0.1) is 0 Å². The molecule has 2 heteroatoms. The Labute approximate surface area is 86.5 Å². The Balaban J connectivity index is 2.42. The lowest BCUT2D eigenvalue weighted by Crippen LogP contribution is -2.03. The van der Waals surface area contributed by atoms with Crippen LogP contribution in [-0.4, -0.2) is 6.54 Å². The topological polar surface area (TPSA) is 38.0 Å². The summed E-state index contributed by atoms with van der Waals surface area (Å²) < 4.78 is 0. The summed E-state index contributed by atoms with van der Waals surface area (Å²) in [5.41, 5.74) is 8.94. The van der Waals surface area contributed by atoms with Crippen molar-refractivity contribution in [1.82, 2.24) is 0 Å². The van der Waals surface area contributed by atoms with Gasteiger partial charge in [0, 0.05) is 17.9 Å². The summed E-state index contributed by atoms with van der Waals surface area (Å²) in [7, 11) is 0. The molecule has 0 unspecified atom stereocenters. The first-order valence-electron chi connectivity index (χ1n) is 5.34. The molecule has 0 aromatic heterocycles. The van der Waals surface area contributed by atoms with E-state index in [1.807, 2.05) is 12.1 Å².